The Morgan fingerprint density at radius 1 is 1.00 bits per heavy atom. The normalized spacial score (nSPS) is 10.5. The number of hydrogen-bond donors (Lipinski definition) is 2. The monoisotopic (exact) mass is 410 g/mol. The van der Waals surface area contributed by atoms with Crippen molar-refractivity contribution in [2.24, 2.45) is 0 Å². The Hall–Kier alpha value is -3.06. The molecule has 0 amide bonds. The maximum atomic E-state index is 5.49. The number of anilines is 2. The second-order valence-corrected chi connectivity index (χ2v) is 7.25. The highest BCUT2D eigenvalue weighted by Crippen LogP contribution is 2.28. The number of nitrogens with one attached hydrogen (secondary N) is 2. The molecular formula is C22H26N4O2S. The maximum Gasteiger partial charge on any atom is 0.175 e. The Morgan fingerprint density at radius 3 is 2.45 bits per heavy atom. The van der Waals surface area contributed by atoms with Gasteiger partial charge in [0.2, 0.25) is 0 Å². The van der Waals surface area contributed by atoms with Crippen molar-refractivity contribution in [2.75, 3.05) is 24.9 Å². The van der Waals surface area contributed by atoms with Crippen LogP contribution in [0, 0.1) is 20.8 Å². The van der Waals surface area contributed by atoms with E-state index in [1.165, 1.54) is 5.56 Å². The number of rotatable bonds is 6. The number of aryl methyl sites for hydroxylation is 2. The Bertz CT molecular complexity index is 1030. The zero-order chi connectivity index (χ0) is 21.0. The lowest BCUT2D eigenvalue weighted by Gasteiger charge is -2.12. The third-order valence-corrected chi connectivity index (χ3v) is 4.88. The molecule has 7 heteroatoms. The fourth-order valence-electron chi connectivity index (χ4n) is 3.18. The zero-order valence-corrected chi connectivity index (χ0v) is 18.2. The number of thiocarbonyl (C=S) groups is 1. The fraction of sp³-hybridized carbons (Fsp3) is 0.273. The smallest absolute Gasteiger partial charge is 0.175 e. The summed E-state index contributed by atoms with van der Waals surface area (Å²) in [5.41, 5.74) is 6.00. The lowest BCUT2D eigenvalue weighted by atomic mass is 10.2. The van der Waals surface area contributed by atoms with E-state index in [2.05, 4.69) is 15.7 Å². The van der Waals surface area contributed by atoms with Gasteiger partial charge in [0.15, 0.2) is 16.6 Å². The minimum Gasteiger partial charge on any atom is -0.493 e. The van der Waals surface area contributed by atoms with Crippen LogP contribution in [-0.4, -0.2) is 29.1 Å². The Morgan fingerprint density at radius 2 is 1.76 bits per heavy atom. The first-order chi connectivity index (χ1) is 13.9. The summed E-state index contributed by atoms with van der Waals surface area (Å²) in [6.45, 7) is 6.66. The molecule has 0 radical (unpaired) electrons. The van der Waals surface area contributed by atoms with Crippen molar-refractivity contribution >= 4 is 28.7 Å². The van der Waals surface area contributed by atoms with E-state index in [-0.39, 0.29) is 0 Å². The molecule has 0 aliphatic rings. The summed E-state index contributed by atoms with van der Waals surface area (Å²) < 4.78 is 12.7. The molecule has 0 fully saturated rings. The highest BCUT2D eigenvalue weighted by atomic mass is 32.1. The van der Waals surface area contributed by atoms with Gasteiger partial charge in [-0.1, -0.05) is 18.2 Å². The standard InChI is InChI=1S/C22H26N4O2S/c1-14-7-6-8-18(11-14)23-22(29)24-21-15(2)25-26(16(21)3)13-17-9-10-19(27-4)20(12-17)28-5/h6-12H,13H2,1-5H3,(H2,23,24,29). The van der Waals surface area contributed by atoms with Crippen molar-refractivity contribution in [1.29, 1.82) is 0 Å². The van der Waals surface area contributed by atoms with E-state index in [4.69, 9.17) is 21.7 Å². The van der Waals surface area contributed by atoms with E-state index in [0.29, 0.717) is 23.2 Å². The average molecular weight is 411 g/mol. The molecule has 29 heavy (non-hydrogen) atoms. The van der Waals surface area contributed by atoms with Crippen LogP contribution in [0.3, 0.4) is 0 Å². The summed E-state index contributed by atoms with van der Waals surface area (Å²) in [7, 11) is 3.26. The molecule has 6 nitrogen and oxygen atoms in total. The van der Waals surface area contributed by atoms with E-state index in [1.54, 1.807) is 14.2 Å². The molecule has 0 bridgehead atoms. The summed E-state index contributed by atoms with van der Waals surface area (Å²) in [4.78, 5) is 0. The topological polar surface area (TPSA) is 60.3 Å². The van der Waals surface area contributed by atoms with Gasteiger partial charge >= 0.3 is 0 Å². The van der Waals surface area contributed by atoms with Gasteiger partial charge in [-0.3, -0.25) is 4.68 Å². The van der Waals surface area contributed by atoms with Gasteiger partial charge < -0.3 is 20.1 Å². The van der Waals surface area contributed by atoms with Crippen molar-refractivity contribution < 1.29 is 9.47 Å². The predicted molar refractivity (Wildman–Crippen MR) is 121 cm³/mol. The highest BCUT2D eigenvalue weighted by molar-refractivity contribution is 7.80. The van der Waals surface area contributed by atoms with E-state index >= 15 is 0 Å². The first-order valence-electron chi connectivity index (χ1n) is 9.31. The number of benzene rings is 2. The van der Waals surface area contributed by atoms with Crippen LogP contribution in [0.1, 0.15) is 22.5 Å². The minimum atomic E-state index is 0.535. The van der Waals surface area contributed by atoms with E-state index < -0.39 is 0 Å². The predicted octanol–water partition coefficient (Wildman–Crippen LogP) is 4.68. The molecule has 3 rings (SSSR count). The number of methoxy groups -OCH3 is 2. The van der Waals surface area contributed by atoms with Gasteiger partial charge in [0, 0.05) is 5.69 Å². The van der Waals surface area contributed by atoms with Gasteiger partial charge in [0.25, 0.3) is 0 Å². The van der Waals surface area contributed by atoms with Crippen molar-refractivity contribution in [3.63, 3.8) is 0 Å². The highest BCUT2D eigenvalue weighted by Gasteiger charge is 2.14. The van der Waals surface area contributed by atoms with E-state index in [0.717, 1.165) is 28.3 Å². The molecule has 0 unspecified atom stereocenters. The van der Waals surface area contributed by atoms with Crippen LogP contribution < -0.4 is 20.1 Å². The van der Waals surface area contributed by atoms with Gasteiger partial charge in [0.05, 0.1) is 37.8 Å². The van der Waals surface area contributed by atoms with Crippen LogP contribution >= 0.6 is 12.2 Å². The third kappa shape index (κ3) is 4.86. The fourth-order valence-corrected chi connectivity index (χ4v) is 3.40. The lowest BCUT2D eigenvalue weighted by Crippen LogP contribution is -2.20. The van der Waals surface area contributed by atoms with Crippen LogP contribution in [-0.2, 0) is 6.54 Å². The first-order valence-corrected chi connectivity index (χ1v) is 9.71. The molecule has 152 valence electrons. The number of hydrogen-bond acceptors (Lipinski definition) is 4. The number of aromatic nitrogens is 2. The van der Waals surface area contributed by atoms with Gasteiger partial charge in [0.1, 0.15) is 0 Å². The quantitative estimate of drug-likeness (QED) is 0.575. The zero-order valence-electron chi connectivity index (χ0n) is 17.4. The number of ether oxygens (including phenoxy) is 2. The molecule has 0 atom stereocenters. The third-order valence-electron chi connectivity index (χ3n) is 4.68. The molecule has 1 aromatic heterocycles. The molecule has 1 heterocycles. The summed E-state index contributed by atoms with van der Waals surface area (Å²) in [6.07, 6.45) is 0. The average Bonchev–Trinajstić information content (AvgIpc) is 2.95. The molecule has 0 saturated heterocycles. The molecule has 2 aromatic carbocycles. The summed E-state index contributed by atoms with van der Waals surface area (Å²) in [6, 6.07) is 14.0. The molecule has 3 aromatic rings. The minimum absolute atomic E-state index is 0.535. The Balaban J connectivity index is 1.75. The maximum absolute atomic E-state index is 5.49. The van der Waals surface area contributed by atoms with E-state index in [9.17, 15) is 0 Å². The van der Waals surface area contributed by atoms with Gasteiger partial charge in [-0.2, -0.15) is 5.10 Å². The molecule has 0 aliphatic heterocycles. The van der Waals surface area contributed by atoms with Crippen molar-refractivity contribution in [3.05, 3.63) is 65.0 Å². The molecule has 0 spiro atoms. The van der Waals surface area contributed by atoms with Crippen LogP contribution in [0.2, 0.25) is 0 Å². The second-order valence-electron chi connectivity index (χ2n) is 6.84. The number of nitrogens with zero attached hydrogens (tertiary/aromatic N) is 2. The van der Waals surface area contributed by atoms with E-state index in [1.807, 2.05) is 67.9 Å². The lowest BCUT2D eigenvalue weighted by molar-refractivity contribution is 0.354. The van der Waals surface area contributed by atoms with Crippen molar-refractivity contribution in [2.45, 2.75) is 27.3 Å². The van der Waals surface area contributed by atoms with Crippen LogP contribution in [0.4, 0.5) is 11.4 Å². The summed E-state index contributed by atoms with van der Waals surface area (Å²) in [5.74, 6) is 1.41. The van der Waals surface area contributed by atoms with Crippen molar-refractivity contribution in [1.82, 2.24) is 9.78 Å². The Kier molecular flexibility index (Phi) is 6.39. The van der Waals surface area contributed by atoms with Crippen LogP contribution in [0.25, 0.3) is 0 Å². The van der Waals surface area contributed by atoms with Gasteiger partial charge in [-0.25, -0.2) is 0 Å². The van der Waals surface area contributed by atoms with Crippen molar-refractivity contribution in [3.8, 4) is 11.5 Å². The molecule has 0 saturated carbocycles. The van der Waals surface area contributed by atoms with Crippen LogP contribution in [0.5, 0.6) is 11.5 Å². The summed E-state index contributed by atoms with van der Waals surface area (Å²) >= 11 is 5.49. The summed E-state index contributed by atoms with van der Waals surface area (Å²) in [5, 5.41) is 11.7. The van der Waals surface area contributed by atoms with Gasteiger partial charge in [-0.15, -0.1) is 0 Å². The molecule has 2 N–H and O–H groups in total. The van der Waals surface area contributed by atoms with Crippen LogP contribution in [0.15, 0.2) is 42.5 Å². The van der Waals surface area contributed by atoms with Gasteiger partial charge in [-0.05, 0) is 68.4 Å². The second kappa shape index (κ2) is 8.96. The largest absolute Gasteiger partial charge is 0.493 e. The Labute approximate surface area is 176 Å². The first kappa shape index (κ1) is 20.7. The molecule has 0 aliphatic carbocycles. The molecular weight excluding hydrogens is 384 g/mol. The SMILES string of the molecule is COc1ccc(Cn2nc(C)c(NC(=S)Nc3cccc(C)c3)c2C)cc1OC.